The van der Waals surface area contributed by atoms with Crippen LogP contribution in [0.2, 0.25) is 0 Å². The molecule has 4 aromatic rings. The highest BCUT2D eigenvalue weighted by atomic mass is 32.1. The van der Waals surface area contributed by atoms with E-state index in [1.54, 1.807) is 18.3 Å². The molecule has 0 N–H and O–H groups in total. The van der Waals surface area contributed by atoms with E-state index in [9.17, 15) is 4.79 Å². The molecule has 3 aromatic carbocycles. The van der Waals surface area contributed by atoms with Crippen LogP contribution in [0.3, 0.4) is 0 Å². The zero-order valence-electron chi connectivity index (χ0n) is 19.8. The predicted octanol–water partition coefficient (Wildman–Crippen LogP) is 7.52. The molecule has 4 rings (SSSR count). The van der Waals surface area contributed by atoms with Gasteiger partial charge in [-0.1, -0.05) is 54.5 Å². The molecule has 34 heavy (non-hydrogen) atoms. The Bertz CT molecular complexity index is 1340. The molecule has 0 aliphatic carbocycles. The van der Waals surface area contributed by atoms with Gasteiger partial charge in [-0.25, -0.2) is 0 Å². The second kappa shape index (κ2) is 11.0. The standard InChI is InChI=1S/C30H28O3S/c1-4-8-24(17-30(31)32-5-2)23-13-11-22(12-14-23)19-33-25-15-16-29-27(18-25)28(20-34-29)26-10-7-6-9-21(26)3/h6-7,9-16,18,20,24H,5,17,19H2,1-3H3/t24-/m0/s1. The molecule has 0 bridgehead atoms. The van der Waals surface area contributed by atoms with Crippen molar-refractivity contribution in [1.29, 1.82) is 0 Å². The average molecular weight is 469 g/mol. The number of hydrogen-bond donors (Lipinski definition) is 0. The fraction of sp³-hybridized carbons (Fsp3) is 0.233. The summed E-state index contributed by atoms with van der Waals surface area (Å²) in [5, 5.41) is 3.44. The Labute approximate surface area is 205 Å². The van der Waals surface area contributed by atoms with E-state index in [1.807, 2.05) is 37.3 Å². The van der Waals surface area contributed by atoms with Gasteiger partial charge in [0.1, 0.15) is 12.4 Å². The number of thiophene rings is 1. The molecule has 1 atom stereocenters. The monoisotopic (exact) mass is 468 g/mol. The van der Waals surface area contributed by atoms with Crippen molar-refractivity contribution in [2.75, 3.05) is 6.61 Å². The molecule has 0 aliphatic rings. The molecule has 172 valence electrons. The normalized spacial score (nSPS) is 11.5. The molecule has 1 aromatic heterocycles. The minimum absolute atomic E-state index is 0.167. The number of carbonyl (C=O) groups is 1. The maximum Gasteiger partial charge on any atom is 0.307 e. The Morgan fingerprint density at radius 3 is 2.56 bits per heavy atom. The molecule has 0 saturated carbocycles. The van der Waals surface area contributed by atoms with Crippen LogP contribution < -0.4 is 4.74 Å². The van der Waals surface area contributed by atoms with E-state index < -0.39 is 0 Å². The third-order valence-corrected chi connectivity index (χ3v) is 6.73. The van der Waals surface area contributed by atoms with E-state index >= 15 is 0 Å². The van der Waals surface area contributed by atoms with Gasteiger partial charge in [0.05, 0.1) is 18.9 Å². The second-order valence-electron chi connectivity index (χ2n) is 8.11. The zero-order chi connectivity index (χ0) is 23.9. The SMILES string of the molecule is CC#C[C@@H](CC(=O)OCC)c1ccc(COc2ccc3scc(-c4ccccc4C)c3c2)cc1. The van der Waals surface area contributed by atoms with Gasteiger partial charge in [-0.05, 0) is 66.6 Å². The van der Waals surface area contributed by atoms with Crippen molar-refractivity contribution in [3.8, 4) is 28.7 Å². The molecule has 4 heteroatoms. The first-order chi connectivity index (χ1) is 16.6. The lowest BCUT2D eigenvalue weighted by atomic mass is 9.95. The van der Waals surface area contributed by atoms with Gasteiger partial charge in [0.25, 0.3) is 0 Å². The van der Waals surface area contributed by atoms with E-state index in [2.05, 4.69) is 60.5 Å². The Kier molecular flexibility index (Phi) is 7.67. The number of hydrogen-bond acceptors (Lipinski definition) is 4. The molecule has 0 aliphatic heterocycles. The van der Waals surface area contributed by atoms with Crippen molar-refractivity contribution in [1.82, 2.24) is 0 Å². The van der Waals surface area contributed by atoms with Gasteiger partial charge in [0, 0.05) is 15.6 Å². The lowest BCUT2D eigenvalue weighted by Crippen LogP contribution is -2.09. The van der Waals surface area contributed by atoms with E-state index in [1.165, 1.54) is 26.8 Å². The van der Waals surface area contributed by atoms with Gasteiger partial charge in [-0.3, -0.25) is 4.79 Å². The van der Waals surface area contributed by atoms with Gasteiger partial charge in [-0.2, -0.15) is 0 Å². The first kappa shape index (κ1) is 23.6. The Morgan fingerprint density at radius 2 is 1.82 bits per heavy atom. The third-order valence-electron chi connectivity index (χ3n) is 5.76. The maximum absolute atomic E-state index is 11.9. The fourth-order valence-electron chi connectivity index (χ4n) is 4.01. The number of aryl methyl sites for hydroxylation is 1. The van der Waals surface area contributed by atoms with E-state index in [0.717, 1.165) is 16.9 Å². The molecule has 1 heterocycles. The van der Waals surface area contributed by atoms with Gasteiger partial charge in [0.15, 0.2) is 0 Å². The predicted molar refractivity (Wildman–Crippen MR) is 140 cm³/mol. The molecule has 0 amide bonds. The second-order valence-corrected chi connectivity index (χ2v) is 9.02. The minimum Gasteiger partial charge on any atom is -0.489 e. The van der Waals surface area contributed by atoms with Gasteiger partial charge < -0.3 is 9.47 Å². The Morgan fingerprint density at radius 1 is 1.03 bits per heavy atom. The molecular weight excluding hydrogens is 440 g/mol. The van der Waals surface area contributed by atoms with Crippen molar-refractivity contribution in [2.24, 2.45) is 0 Å². The topological polar surface area (TPSA) is 35.5 Å². The summed E-state index contributed by atoms with van der Waals surface area (Å²) in [6.45, 7) is 6.59. The number of carbonyl (C=O) groups excluding carboxylic acids is 1. The summed E-state index contributed by atoms with van der Waals surface area (Å²) in [5.41, 5.74) is 5.84. The van der Waals surface area contributed by atoms with Crippen LogP contribution in [-0.2, 0) is 16.1 Å². The zero-order valence-corrected chi connectivity index (χ0v) is 20.6. The Hall–Kier alpha value is -3.55. The van der Waals surface area contributed by atoms with Crippen LogP contribution >= 0.6 is 11.3 Å². The summed E-state index contributed by atoms with van der Waals surface area (Å²) in [5.74, 6) is 6.50. The molecule has 0 saturated heterocycles. The number of ether oxygens (including phenoxy) is 2. The van der Waals surface area contributed by atoms with Crippen molar-refractivity contribution in [2.45, 2.75) is 39.7 Å². The van der Waals surface area contributed by atoms with Gasteiger partial charge in [0.2, 0.25) is 0 Å². The molecule has 0 radical (unpaired) electrons. The summed E-state index contributed by atoms with van der Waals surface area (Å²) in [6.07, 6.45) is 0.258. The fourth-order valence-corrected chi connectivity index (χ4v) is 4.95. The molecular formula is C30H28O3S. The maximum atomic E-state index is 11.9. The molecule has 0 spiro atoms. The van der Waals surface area contributed by atoms with Gasteiger partial charge in [-0.15, -0.1) is 17.3 Å². The Balaban J connectivity index is 1.47. The number of rotatable bonds is 8. The summed E-state index contributed by atoms with van der Waals surface area (Å²) in [4.78, 5) is 11.9. The first-order valence-electron chi connectivity index (χ1n) is 11.5. The van der Waals surface area contributed by atoms with Crippen LogP contribution in [0.25, 0.3) is 21.2 Å². The van der Waals surface area contributed by atoms with Crippen molar-refractivity contribution in [3.05, 3.63) is 88.8 Å². The average Bonchev–Trinajstić information content (AvgIpc) is 3.26. The van der Waals surface area contributed by atoms with Crippen molar-refractivity contribution < 1.29 is 14.3 Å². The van der Waals surface area contributed by atoms with E-state index in [0.29, 0.717) is 13.2 Å². The summed E-state index contributed by atoms with van der Waals surface area (Å²) < 4.78 is 12.5. The van der Waals surface area contributed by atoms with E-state index in [4.69, 9.17) is 9.47 Å². The largest absolute Gasteiger partial charge is 0.489 e. The number of esters is 1. The summed E-state index contributed by atoms with van der Waals surface area (Å²) >= 11 is 1.76. The first-order valence-corrected chi connectivity index (χ1v) is 12.3. The highest BCUT2D eigenvalue weighted by Gasteiger charge is 2.15. The quantitative estimate of drug-likeness (QED) is 0.198. The number of fused-ring (bicyclic) bond motifs is 1. The lowest BCUT2D eigenvalue weighted by molar-refractivity contribution is -0.143. The summed E-state index contributed by atoms with van der Waals surface area (Å²) in [6, 6.07) is 22.9. The van der Waals surface area contributed by atoms with Crippen LogP contribution in [0.1, 0.15) is 42.9 Å². The summed E-state index contributed by atoms with van der Waals surface area (Å²) in [7, 11) is 0. The number of benzene rings is 3. The van der Waals surface area contributed by atoms with Crippen LogP contribution in [0.5, 0.6) is 5.75 Å². The molecule has 0 fully saturated rings. The van der Waals surface area contributed by atoms with Gasteiger partial charge >= 0.3 is 5.97 Å². The van der Waals surface area contributed by atoms with Crippen LogP contribution in [0.15, 0.2) is 72.1 Å². The molecule has 3 nitrogen and oxygen atoms in total. The third kappa shape index (κ3) is 5.50. The van der Waals surface area contributed by atoms with Crippen molar-refractivity contribution in [3.63, 3.8) is 0 Å². The van der Waals surface area contributed by atoms with E-state index in [-0.39, 0.29) is 18.3 Å². The minimum atomic E-state index is -0.225. The smallest absolute Gasteiger partial charge is 0.307 e. The van der Waals surface area contributed by atoms with Crippen LogP contribution in [-0.4, -0.2) is 12.6 Å². The lowest BCUT2D eigenvalue weighted by Gasteiger charge is -2.12. The van der Waals surface area contributed by atoms with Crippen molar-refractivity contribution >= 4 is 27.4 Å². The molecule has 0 unspecified atom stereocenters. The van der Waals surface area contributed by atoms with Crippen LogP contribution in [0.4, 0.5) is 0 Å². The highest BCUT2D eigenvalue weighted by Crippen LogP contribution is 2.37. The van der Waals surface area contributed by atoms with Crippen LogP contribution in [0, 0.1) is 18.8 Å². The highest BCUT2D eigenvalue weighted by molar-refractivity contribution is 7.17.